The van der Waals surface area contributed by atoms with Gasteiger partial charge in [-0.3, -0.25) is 0 Å². The number of hydrogen-bond acceptors (Lipinski definition) is 2. The normalized spacial score (nSPS) is 10.7. The van der Waals surface area contributed by atoms with E-state index in [1.807, 2.05) is 24.3 Å². The van der Waals surface area contributed by atoms with Gasteiger partial charge in [0.25, 0.3) is 0 Å². The number of benzene rings is 3. The molecule has 0 atom stereocenters. The van der Waals surface area contributed by atoms with E-state index in [1.165, 1.54) is 5.56 Å². The Kier molecular flexibility index (Phi) is 4.34. The molecule has 0 bridgehead atoms. The minimum atomic E-state index is 0.793. The molecule has 0 unspecified atom stereocenters. The van der Waals surface area contributed by atoms with E-state index in [-0.39, 0.29) is 0 Å². The van der Waals surface area contributed by atoms with Crippen molar-refractivity contribution in [1.29, 1.82) is 0 Å². The van der Waals surface area contributed by atoms with E-state index in [2.05, 4.69) is 46.3 Å². The van der Waals surface area contributed by atoms with Crippen LogP contribution in [0.25, 0.3) is 21.9 Å². The van der Waals surface area contributed by atoms with Crippen molar-refractivity contribution in [2.24, 2.45) is 0 Å². The second kappa shape index (κ2) is 6.41. The molecule has 0 N–H and O–H groups in total. The topological polar surface area (TPSA) is 18.5 Å². The molecule has 0 heterocycles. The van der Waals surface area contributed by atoms with Crippen LogP contribution in [0.15, 0.2) is 54.6 Å². The van der Waals surface area contributed by atoms with Crippen molar-refractivity contribution >= 4 is 26.7 Å². The maximum absolute atomic E-state index is 5.74. The molecular formula is C19H17BrO2. The molecule has 0 radical (unpaired) electrons. The summed E-state index contributed by atoms with van der Waals surface area (Å²) in [5.41, 5.74) is 3.42. The van der Waals surface area contributed by atoms with Gasteiger partial charge in [-0.05, 0) is 17.2 Å². The third-order valence-electron chi connectivity index (χ3n) is 3.83. The van der Waals surface area contributed by atoms with Gasteiger partial charge in [0.15, 0.2) is 0 Å². The molecular weight excluding hydrogens is 340 g/mol. The van der Waals surface area contributed by atoms with Gasteiger partial charge in [0.1, 0.15) is 11.5 Å². The Morgan fingerprint density at radius 2 is 1.50 bits per heavy atom. The Labute approximate surface area is 138 Å². The van der Waals surface area contributed by atoms with E-state index in [0.29, 0.717) is 0 Å². The van der Waals surface area contributed by atoms with Crippen molar-refractivity contribution in [2.45, 2.75) is 5.33 Å². The number of halogens is 1. The maximum atomic E-state index is 5.74. The van der Waals surface area contributed by atoms with E-state index in [1.54, 1.807) is 14.2 Å². The maximum Gasteiger partial charge on any atom is 0.134 e. The Hall–Kier alpha value is -2.00. The van der Waals surface area contributed by atoms with Crippen molar-refractivity contribution < 1.29 is 9.47 Å². The van der Waals surface area contributed by atoms with Crippen LogP contribution in [-0.4, -0.2) is 14.2 Å². The molecule has 0 saturated carbocycles. The summed E-state index contributed by atoms with van der Waals surface area (Å²) in [6.45, 7) is 0. The fourth-order valence-corrected chi connectivity index (χ4v) is 3.29. The van der Waals surface area contributed by atoms with Crippen molar-refractivity contribution in [2.75, 3.05) is 14.2 Å². The number of fused-ring (bicyclic) bond motifs is 1. The lowest BCUT2D eigenvalue weighted by Crippen LogP contribution is -1.95. The summed E-state index contributed by atoms with van der Waals surface area (Å²) >= 11 is 3.57. The third-order valence-corrected chi connectivity index (χ3v) is 4.44. The summed E-state index contributed by atoms with van der Waals surface area (Å²) in [4.78, 5) is 0. The Morgan fingerprint density at radius 3 is 2.18 bits per heavy atom. The molecule has 3 rings (SSSR count). The number of ether oxygens (including phenoxy) is 2. The highest BCUT2D eigenvalue weighted by Crippen LogP contribution is 2.43. The van der Waals surface area contributed by atoms with Gasteiger partial charge in [-0.15, -0.1) is 0 Å². The average Bonchev–Trinajstić information content (AvgIpc) is 2.60. The van der Waals surface area contributed by atoms with E-state index in [0.717, 1.165) is 38.7 Å². The van der Waals surface area contributed by atoms with Gasteiger partial charge in [0.2, 0.25) is 0 Å². The first kappa shape index (κ1) is 14.9. The lowest BCUT2D eigenvalue weighted by molar-refractivity contribution is 0.412. The first-order chi connectivity index (χ1) is 10.8. The predicted molar refractivity (Wildman–Crippen MR) is 95.1 cm³/mol. The zero-order chi connectivity index (χ0) is 15.5. The fourth-order valence-electron chi connectivity index (χ4n) is 2.80. The standard InChI is InChI=1S/C19H17BrO2/c1-21-18-11-17(14-8-4-3-7-13(14)12-20)19(22-2)16-10-6-5-9-15(16)18/h3-11H,12H2,1-2H3. The summed E-state index contributed by atoms with van der Waals surface area (Å²) < 4.78 is 11.3. The van der Waals surface area contributed by atoms with Crippen LogP contribution >= 0.6 is 15.9 Å². The molecule has 2 nitrogen and oxygen atoms in total. The van der Waals surface area contributed by atoms with Crippen LogP contribution in [0.3, 0.4) is 0 Å². The first-order valence-corrected chi connectivity index (χ1v) is 8.20. The van der Waals surface area contributed by atoms with Gasteiger partial charge < -0.3 is 9.47 Å². The zero-order valence-electron chi connectivity index (χ0n) is 12.6. The quantitative estimate of drug-likeness (QED) is 0.581. The molecule has 0 aliphatic carbocycles. The molecule has 22 heavy (non-hydrogen) atoms. The molecule has 0 amide bonds. The number of alkyl halides is 1. The van der Waals surface area contributed by atoms with Crippen LogP contribution in [0.5, 0.6) is 11.5 Å². The monoisotopic (exact) mass is 356 g/mol. The summed E-state index contributed by atoms with van der Waals surface area (Å²) in [5.74, 6) is 1.74. The van der Waals surface area contributed by atoms with Crippen LogP contribution in [0.1, 0.15) is 5.56 Å². The van der Waals surface area contributed by atoms with Crippen LogP contribution in [0, 0.1) is 0 Å². The van der Waals surface area contributed by atoms with Crippen molar-refractivity contribution in [3.63, 3.8) is 0 Å². The summed E-state index contributed by atoms with van der Waals surface area (Å²) in [6, 6.07) is 18.5. The van der Waals surface area contributed by atoms with Gasteiger partial charge in [-0.1, -0.05) is 64.5 Å². The van der Waals surface area contributed by atoms with Gasteiger partial charge >= 0.3 is 0 Å². The van der Waals surface area contributed by atoms with E-state index in [4.69, 9.17) is 9.47 Å². The van der Waals surface area contributed by atoms with E-state index >= 15 is 0 Å². The van der Waals surface area contributed by atoms with E-state index < -0.39 is 0 Å². The molecule has 0 spiro atoms. The highest BCUT2D eigenvalue weighted by atomic mass is 79.9. The van der Waals surface area contributed by atoms with Crippen LogP contribution in [0.2, 0.25) is 0 Å². The largest absolute Gasteiger partial charge is 0.496 e. The minimum absolute atomic E-state index is 0.793. The second-order valence-corrected chi connectivity index (χ2v) is 5.56. The van der Waals surface area contributed by atoms with Crippen molar-refractivity contribution in [3.05, 3.63) is 60.2 Å². The number of rotatable bonds is 4. The Balaban J connectivity index is 2.38. The SMILES string of the molecule is COc1cc(-c2ccccc2CBr)c(OC)c2ccccc12. The lowest BCUT2D eigenvalue weighted by Gasteiger charge is -2.17. The molecule has 112 valence electrons. The predicted octanol–water partition coefficient (Wildman–Crippen LogP) is 5.42. The van der Waals surface area contributed by atoms with Crippen LogP contribution in [-0.2, 0) is 5.33 Å². The minimum Gasteiger partial charge on any atom is -0.496 e. The van der Waals surface area contributed by atoms with Crippen molar-refractivity contribution in [3.8, 4) is 22.6 Å². The van der Waals surface area contributed by atoms with Gasteiger partial charge in [-0.2, -0.15) is 0 Å². The zero-order valence-corrected chi connectivity index (χ0v) is 14.2. The molecule has 0 aliphatic rings. The smallest absolute Gasteiger partial charge is 0.134 e. The third kappa shape index (κ3) is 2.46. The Morgan fingerprint density at radius 1 is 0.818 bits per heavy atom. The number of methoxy groups -OCH3 is 2. The average molecular weight is 357 g/mol. The Bertz CT molecular complexity index is 812. The molecule has 3 aromatic carbocycles. The highest BCUT2D eigenvalue weighted by molar-refractivity contribution is 9.08. The molecule has 3 aromatic rings. The summed E-state index contributed by atoms with van der Waals surface area (Å²) in [5, 5.41) is 2.91. The second-order valence-electron chi connectivity index (χ2n) is 5.00. The summed E-state index contributed by atoms with van der Waals surface area (Å²) in [7, 11) is 3.42. The van der Waals surface area contributed by atoms with Crippen LogP contribution < -0.4 is 9.47 Å². The first-order valence-electron chi connectivity index (χ1n) is 7.08. The van der Waals surface area contributed by atoms with Gasteiger partial charge in [0.05, 0.1) is 14.2 Å². The summed E-state index contributed by atoms with van der Waals surface area (Å²) in [6.07, 6.45) is 0. The van der Waals surface area contributed by atoms with Crippen molar-refractivity contribution in [1.82, 2.24) is 0 Å². The van der Waals surface area contributed by atoms with Crippen LogP contribution in [0.4, 0.5) is 0 Å². The van der Waals surface area contributed by atoms with Gasteiger partial charge in [-0.25, -0.2) is 0 Å². The fraction of sp³-hybridized carbons (Fsp3) is 0.158. The van der Waals surface area contributed by atoms with E-state index in [9.17, 15) is 0 Å². The lowest BCUT2D eigenvalue weighted by atomic mass is 9.96. The molecule has 0 fully saturated rings. The highest BCUT2D eigenvalue weighted by Gasteiger charge is 2.16. The molecule has 0 aromatic heterocycles. The molecule has 0 saturated heterocycles. The van der Waals surface area contributed by atoms with Gasteiger partial charge in [0, 0.05) is 21.7 Å². The molecule has 0 aliphatic heterocycles. The molecule has 3 heteroatoms. The number of hydrogen-bond donors (Lipinski definition) is 0.